The lowest BCUT2D eigenvalue weighted by molar-refractivity contribution is -0.155. The Labute approximate surface area is 108 Å². The first-order chi connectivity index (χ1) is 8.77. The molecular weight excluding hydrogens is 226 g/mol. The van der Waals surface area contributed by atoms with Gasteiger partial charge in [0.1, 0.15) is 5.78 Å². The zero-order valence-corrected chi connectivity index (χ0v) is 10.6. The third-order valence-electron chi connectivity index (χ3n) is 4.34. The first-order valence-corrected chi connectivity index (χ1v) is 6.83. The summed E-state index contributed by atoms with van der Waals surface area (Å²) in [5, 5.41) is 0. The van der Waals surface area contributed by atoms with Gasteiger partial charge in [-0.15, -0.1) is 0 Å². The molecule has 2 fully saturated rings. The van der Waals surface area contributed by atoms with Gasteiger partial charge in [0.25, 0.3) is 0 Å². The van der Waals surface area contributed by atoms with Gasteiger partial charge in [-0.25, -0.2) is 0 Å². The predicted molar refractivity (Wildman–Crippen MR) is 68.2 cm³/mol. The van der Waals surface area contributed by atoms with Gasteiger partial charge in [-0.2, -0.15) is 0 Å². The average molecular weight is 245 g/mol. The second-order valence-corrected chi connectivity index (χ2v) is 5.57. The maximum absolute atomic E-state index is 12.3. The van der Waals surface area contributed by atoms with Crippen LogP contribution in [-0.2, 0) is 16.0 Å². The van der Waals surface area contributed by atoms with E-state index in [9.17, 15) is 4.79 Å². The van der Waals surface area contributed by atoms with Crippen molar-refractivity contribution in [2.75, 3.05) is 6.61 Å². The summed E-state index contributed by atoms with van der Waals surface area (Å²) in [7, 11) is 0. The number of carbonyl (C=O) groups is 1. The summed E-state index contributed by atoms with van der Waals surface area (Å²) in [6, 6.07) is 3.85. The Kier molecular flexibility index (Phi) is 3.16. The molecule has 0 aromatic carbocycles. The molecule has 1 aliphatic carbocycles. The average Bonchev–Trinajstić information content (AvgIpc) is 2.38. The van der Waals surface area contributed by atoms with Gasteiger partial charge >= 0.3 is 0 Å². The maximum Gasteiger partial charge on any atom is 0.140 e. The summed E-state index contributed by atoms with van der Waals surface area (Å²) < 4.78 is 5.87. The molecule has 3 rings (SSSR count). The van der Waals surface area contributed by atoms with Crippen molar-refractivity contribution in [1.82, 2.24) is 4.98 Å². The number of hydrogen-bond donors (Lipinski definition) is 0. The Balaban J connectivity index is 1.62. The number of carbonyl (C=O) groups excluding carboxylic acids is 1. The summed E-state index contributed by atoms with van der Waals surface area (Å²) in [5.41, 5.74) is 1.14. The van der Waals surface area contributed by atoms with Crippen molar-refractivity contribution in [3.8, 4) is 0 Å². The highest BCUT2D eigenvalue weighted by Crippen LogP contribution is 2.44. The maximum atomic E-state index is 12.3. The fourth-order valence-electron chi connectivity index (χ4n) is 3.07. The highest BCUT2D eigenvalue weighted by atomic mass is 16.5. The number of ether oxygens (including phenoxy) is 1. The Morgan fingerprint density at radius 3 is 2.83 bits per heavy atom. The Morgan fingerprint density at radius 1 is 1.39 bits per heavy atom. The normalized spacial score (nSPS) is 25.7. The predicted octanol–water partition coefficient (Wildman–Crippen LogP) is 2.54. The second kappa shape index (κ2) is 4.81. The van der Waals surface area contributed by atoms with Crippen LogP contribution in [0.4, 0.5) is 0 Å². The number of hydrogen-bond acceptors (Lipinski definition) is 3. The molecule has 0 radical (unpaired) electrons. The van der Waals surface area contributed by atoms with Crippen LogP contribution < -0.4 is 0 Å². The Hall–Kier alpha value is -1.22. The molecule has 0 bridgehead atoms. The number of Topliss-reactive ketones (excluding diaryl/α,β-unsaturated/α-hetero) is 1. The van der Waals surface area contributed by atoms with Gasteiger partial charge in [0.15, 0.2) is 0 Å². The van der Waals surface area contributed by atoms with Crippen molar-refractivity contribution in [3.63, 3.8) is 0 Å². The topological polar surface area (TPSA) is 39.2 Å². The van der Waals surface area contributed by atoms with Gasteiger partial charge < -0.3 is 4.74 Å². The molecule has 1 unspecified atom stereocenters. The lowest BCUT2D eigenvalue weighted by Gasteiger charge is -2.46. The molecule has 3 heteroatoms. The van der Waals surface area contributed by atoms with Crippen molar-refractivity contribution in [3.05, 3.63) is 30.1 Å². The summed E-state index contributed by atoms with van der Waals surface area (Å²) in [4.78, 5) is 16.3. The monoisotopic (exact) mass is 245 g/mol. The number of nitrogens with zero attached hydrogens (tertiary/aromatic N) is 1. The largest absolute Gasteiger partial charge is 0.375 e. The van der Waals surface area contributed by atoms with Gasteiger partial charge in [0.2, 0.25) is 0 Å². The van der Waals surface area contributed by atoms with Crippen molar-refractivity contribution < 1.29 is 9.53 Å². The minimum absolute atomic E-state index is 0.0663. The number of pyridine rings is 1. The molecule has 2 heterocycles. The standard InChI is InChI=1S/C15H19NO2/c17-14(10-12-2-7-16-8-3-12)13-4-9-18-15(11-13)5-1-6-15/h2-3,7-8,13H,1,4-6,9-11H2. The molecule has 1 aromatic rings. The van der Waals surface area contributed by atoms with E-state index in [-0.39, 0.29) is 11.5 Å². The van der Waals surface area contributed by atoms with E-state index in [1.165, 1.54) is 6.42 Å². The molecule has 1 saturated carbocycles. The molecular formula is C15H19NO2. The van der Waals surface area contributed by atoms with Crippen molar-refractivity contribution in [2.45, 2.75) is 44.1 Å². The third-order valence-corrected chi connectivity index (χ3v) is 4.34. The van der Waals surface area contributed by atoms with E-state index >= 15 is 0 Å². The smallest absolute Gasteiger partial charge is 0.140 e. The second-order valence-electron chi connectivity index (χ2n) is 5.57. The summed E-state index contributed by atoms with van der Waals surface area (Å²) in [6.07, 6.45) is 9.43. The minimum atomic E-state index is 0.0663. The van der Waals surface area contributed by atoms with E-state index in [0.717, 1.165) is 37.9 Å². The van der Waals surface area contributed by atoms with Crippen molar-refractivity contribution >= 4 is 5.78 Å². The lowest BCUT2D eigenvalue weighted by Crippen LogP contribution is -2.47. The summed E-state index contributed by atoms with van der Waals surface area (Å²) >= 11 is 0. The van der Waals surface area contributed by atoms with Crippen LogP contribution in [0.15, 0.2) is 24.5 Å². The number of rotatable bonds is 3. The lowest BCUT2D eigenvalue weighted by atomic mass is 9.71. The molecule has 1 spiro atoms. The Morgan fingerprint density at radius 2 is 2.17 bits per heavy atom. The fourth-order valence-corrected chi connectivity index (χ4v) is 3.07. The molecule has 18 heavy (non-hydrogen) atoms. The van der Waals surface area contributed by atoms with Crippen molar-refractivity contribution in [1.29, 1.82) is 0 Å². The van der Waals surface area contributed by atoms with Crippen LogP contribution in [0.5, 0.6) is 0 Å². The van der Waals surface area contributed by atoms with E-state index in [0.29, 0.717) is 12.2 Å². The van der Waals surface area contributed by atoms with Crippen LogP contribution in [0.1, 0.15) is 37.7 Å². The van der Waals surface area contributed by atoms with Gasteiger partial charge in [-0.1, -0.05) is 0 Å². The first-order valence-electron chi connectivity index (χ1n) is 6.83. The SMILES string of the molecule is O=C(Cc1ccncc1)C1CCOC2(CCC2)C1. The van der Waals surface area contributed by atoms with E-state index in [1.54, 1.807) is 12.4 Å². The minimum Gasteiger partial charge on any atom is -0.375 e. The van der Waals surface area contributed by atoms with Crippen LogP contribution in [0, 0.1) is 5.92 Å². The highest BCUT2D eigenvalue weighted by molar-refractivity contribution is 5.83. The fraction of sp³-hybridized carbons (Fsp3) is 0.600. The molecule has 1 aromatic heterocycles. The van der Waals surface area contributed by atoms with Gasteiger partial charge in [-0.05, 0) is 49.8 Å². The van der Waals surface area contributed by atoms with Crippen LogP contribution in [-0.4, -0.2) is 23.0 Å². The van der Waals surface area contributed by atoms with Gasteiger partial charge in [0, 0.05) is 31.3 Å². The number of ketones is 1. The molecule has 1 saturated heterocycles. The molecule has 3 nitrogen and oxygen atoms in total. The van der Waals surface area contributed by atoms with Crippen LogP contribution in [0.25, 0.3) is 0 Å². The third kappa shape index (κ3) is 2.32. The Bertz CT molecular complexity index is 425. The van der Waals surface area contributed by atoms with Gasteiger partial charge in [0.05, 0.1) is 5.60 Å². The van der Waals surface area contributed by atoms with Crippen molar-refractivity contribution in [2.24, 2.45) is 5.92 Å². The van der Waals surface area contributed by atoms with Gasteiger partial charge in [-0.3, -0.25) is 9.78 Å². The zero-order valence-electron chi connectivity index (χ0n) is 10.6. The van der Waals surface area contributed by atoms with E-state index < -0.39 is 0 Å². The molecule has 0 amide bonds. The van der Waals surface area contributed by atoms with Crippen LogP contribution >= 0.6 is 0 Å². The summed E-state index contributed by atoms with van der Waals surface area (Å²) in [5.74, 6) is 0.572. The van der Waals surface area contributed by atoms with E-state index in [4.69, 9.17) is 4.74 Å². The highest BCUT2D eigenvalue weighted by Gasteiger charge is 2.43. The number of aromatic nitrogens is 1. The molecule has 2 aliphatic rings. The first kappa shape index (κ1) is 11.8. The molecule has 1 aliphatic heterocycles. The van der Waals surface area contributed by atoms with E-state index in [1.807, 2.05) is 12.1 Å². The van der Waals surface area contributed by atoms with Crippen LogP contribution in [0.3, 0.4) is 0 Å². The zero-order chi connectivity index (χ0) is 12.4. The van der Waals surface area contributed by atoms with E-state index in [2.05, 4.69) is 4.98 Å². The summed E-state index contributed by atoms with van der Waals surface area (Å²) in [6.45, 7) is 0.757. The molecule has 1 atom stereocenters. The molecule has 96 valence electrons. The van der Waals surface area contributed by atoms with Crippen LogP contribution in [0.2, 0.25) is 0 Å². The molecule has 0 N–H and O–H groups in total. The quantitative estimate of drug-likeness (QED) is 0.821.